The molecule has 2 rings (SSSR count). The minimum absolute atomic E-state index is 0.0853. The maximum absolute atomic E-state index is 11.2. The Labute approximate surface area is 110 Å². The van der Waals surface area contributed by atoms with Crippen molar-refractivity contribution in [3.05, 3.63) is 39.9 Å². The molecule has 1 fully saturated rings. The number of nitro benzene ring substituents is 1. The van der Waals surface area contributed by atoms with Crippen LogP contribution in [0.15, 0.2) is 24.3 Å². The van der Waals surface area contributed by atoms with Gasteiger partial charge >= 0.3 is 5.97 Å². The predicted molar refractivity (Wildman–Crippen MR) is 68.5 cm³/mol. The van der Waals surface area contributed by atoms with Crippen LogP contribution < -0.4 is 5.32 Å². The van der Waals surface area contributed by atoms with Crippen molar-refractivity contribution in [2.45, 2.75) is 19.4 Å². The molecule has 0 aromatic heterocycles. The van der Waals surface area contributed by atoms with Crippen molar-refractivity contribution in [3.63, 3.8) is 0 Å². The zero-order valence-corrected chi connectivity index (χ0v) is 10.5. The van der Waals surface area contributed by atoms with Gasteiger partial charge in [-0.1, -0.05) is 12.1 Å². The van der Waals surface area contributed by atoms with Crippen molar-refractivity contribution in [3.8, 4) is 0 Å². The molecule has 1 saturated carbocycles. The van der Waals surface area contributed by atoms with E-state index in [1.54, 1.807) is 12.1 Å². The van der Waals surface area contributed by atoms with Gasteiger partial charge in [0.05, 0.1) is 10.8 Å². The van der Waals surface area contributed by atoms with Crippen LogP contribution in [-0.4, -0.2) is 24.0 Å². The van der Waals surface area contributed by atoms with Crippen molar-refractivity contribution >= 4 is 11.7 Å². The molecule has 0 saturated heterocycles. The SMILES string of the molecule is O=C(OCCNCc1ccc([N+](=O)[O-])cc1)C1CC1. The molecule has 0 spiro atoms. The van der Waals surface area contributed by atoms with Gasteiger partial charge in [0.25, 0.3) is 5.69 Å². The van der Waals surface area contributed by atoms with Crippen LogP contribution in [0.25, 0.3) is 0 Å². The normalized spacial score (nSPS) is 14.1. The number of benzene rings is 1. The monoisotopic (exact) mass is 264 g/mol. The number of nitrogens with one attached hydrogen (secondary N) is 1. The summed E-state index contributed by atoms with van der Waals surface area (Å²) in [4.78, 5) is 21.3. The lowest BCUT2D eigenvalue weighted by Crippen LogP contribution is -2.21. The molecule has 0 aliphatic heterocycles. The van der Waals surface area contributed by atoms with Crippen molar-refractivity contribution in [2.24, 2.45) is 5.92 Å². The maximum atomic E-state index is 11.2. The van der Waals surface area contributed by atoms with Gasteiger partial charge in [0.1, 0.15) is 6.61 Å². The van der Waals surface area contributed by atoms with E-state index in [9.17, 15) is 14.9 Å². The summed E-state index contributed by atoms with van der Waals surface area (Å²) in [5.41, 5.74) is 1.04. The number of rotatable bonds is 7. The summed E-state index contributed by atoms with van der Waals surface area (Å²) < 4.78 is 5.06. The van der Waals surface area contributed by atoms with E-state index in [1.165, 1.54) is 12.1 Å². The van der Waals surface area contributed by atoms with Gasteiger partial charge in [-0.15, -0.1) is 0 Å². The van der Waals surface area contributed by atoms with Crippen molar-refractivity contribution in [1.29, 1.82) is 0 Å². The van der Waals surface area contributed by atoms with Crippen LogP contribution in [0.1, 0.15) is 18.4 Å². The lowest BCUT2D eigenvalue weighted by Gasteiger charge is -2.06. The van der Waals surface area contributed by atoms with Crippen LogP contribution in [-0.2, 0) is 16.1 Å². The lowest BCUT2D eigenvalue weighted by atomic mass is 10.2. The third-order valence-corrected chi connectivity index (χ3v) is 2.91. The number of nitro groups is 1. The molecule has 6 heteroatoms. The highest BCUT2D eigenvalue weighted by Crippen LogP contribution is 2.29. The number of carbonyl (C=O) groups excluding carboxylic acids is 1. The smallest absolute Gasteiger partial charge is 0.308 e. The molecule has 1 aromatic rings. The Balaban J connectivity index is 1.62. The molecule has 0 amide bonds. The first-order valence-corrected chi connectivity index (χ1v) is 6.27. The number of carbonyl (C=O) groups is 1. The molecule has 19 heavy (non-hydrogen) atoms. The molecular weight excluding hydrogens is 248 g/mol. The third kappa shape index (κ3) is 4.33. The van der Waals surface area contributed by atoms with Crippen LogP contribution in [0.5, 0.6) is 0 Å². The van der Waals surface area contributed by atoms with E-state index >= 15 is 0 Å². The summed E-state index contributed by atoms with van der Waals surface area (Å²) >= 11 is 0. The predicted octanol–water partition coefficient (Wildman–Crippen LogP) is 1.64. The van der Waals surface area contributed by atoms with Gasteiger partial charge in [-0.25, -0.2) is 0 Å². The fourth-order valence-electron chi connectivity index (χ4n) is 1.63. The largest absolute Gasteiger partial charge is 0.464 e. The van der Waals surface area contributed by atoms with Gasteiger partial charge in [0.2, 0.25) is 0 Å². The van der Waals surface area contributed by atoms with Crippen LogP contribution in [0.2, 0.25) is 0 Å². The van der Waals surface area contributed by atoms with Crippen molar-refractivity contribution in [2.75, 3.05) is 13.2 Å². The zero-order valence-electron chi connectivity index (χ0n) is 10.5. The molecule has 0 unspecified atom stereocenters. The first-order valence-electron chi connectivity index (χ1n) is 6.27. The number of hydrogen-bond acceptors (Lipinski definition) is 5. The van der Waals surface area contributed by atoms with E-state index in [2.05, 4.69) is 5.32 Å². The van der Waals surface area contributed by atoms with Gasteiger partial charge < -0.3 is 10.1 Å². The second-order valence-electron chi connectivity index (χ2n) is 4.54. The quantitative estimate of drug-likeness (QED) is 0.350. The summed E-state index contributed by atoms with van der Waals surface area (Å²) in [5.74, 6) is 0.0341. The molecule has 1 aromatic carbocycles. The Morgan fingerprint density at radius 3 is 2.63 bits per heavy atom. The molecule has 1 aliphatic carbocycles. The average molecular weight is 264 g/mol. The Hall–Kier alpha value is -1.95. The lowest BCUT2D eigenvalue weighted by molar-refractivity contribution is -0.384. The highest BCUT2D eigenvalue weighted by Gasteiger charge is 2.30. The van der Waals surface area contributed by atoms with Gasteiger partial charge in [-0.2, -0.15) is 0 Å². The summed E-state index contributed by atoms with van der Waals surface area (Å²) in [5, 5.41) is 13.6. The minimum Gasteiger partial charge on any atom is -0.464 e. The number of esters is 1. The van der Waals surface area contributed by atoms with E-state index in [-0.39, 0.29) is 17.6 Å². The topological polar surface area (TPSA) is 81.5 Å². The molecule has 1 N–H and O–H groups in total. The maximum Gasteiger partial charge on any atom is 0.308 e. The number of ether oxygens (including phenoxy) is 1. The average Bonchev–Trinajstić information content (AvgIpc) is 3.23. The van der Waals surface area contributed by atoms with Gasteiger partial charge in [-0.3, -0.25) is 14.9 Å². The molecule has 102 valence electrons. The van der Waals surface area contributed by atoms with Gasteiger partial charge in [0, 0.05) is 25.2 Å². The van der Waals surface area contributed by atoms with E-state index in [0.29, 0.717) is 19.7 Å². The summed E-state index contributed by atoms with van der Waals surface area (Å²) in [7, 11) is 0. The Bertz CT molecular complexity index is 454. The van der Waals surface area contributed by atoms with E-state index in [4.69, 9.17) is 4.74 Å². The van der Waals surface area contributed by atoms with Crippen molar-refractivity contribution < 1.29 is 14.5 Å². The standard InChI is InChI=1S/C13H16N2O4/c16-13(11-3-4-11)19-8-7-14-9-10-1-5-12(6-2-10)15(17)18/h1-2,5-6,11,14H,3-4,7-9H2. The van der Waals surface area contributed by atoms with E-state index < -0.39 is 4.92 Å². The zero-order chi connectivity index (χ0) is 13.7. The second-order valence-corrected chi connectivity index (χ2v) is 4.54. The van der Waals surface area contributed by atoms with Crippen LogP contribution in [0.3, 0.4) is 0 Å². The van der Waals surface area contributed by atoms with Gasteiger partial charge in [-0.05, 0) is 18.4 Å². The molecule has 1 aliphatic rings. The second kappa shape index (κ2) is 6.29. The van der Waals surface area contributed by atoms with Crippen LogP contribution >= 0.6 is 0 Å². The van der Waals surface area contributed by atoms with Crippen LogP contribution in [0, 0.1) is 16.0 Å². The first kappa shape index (κ1) is 13.5. The highest BCUT2D eigenvalue weighted by atomic mass is 16.6. The molecule has 0 bridgehead atoms. The third-order valence-electron chi connectivity index (χ3n) is 2.91. The molecule has 0 radical (unpaired) electrons. The molecular formula is C13H16N2O4. The Kier molecular flexibility index (Phi) is 4.46. The van der Waals surface area contributed by atoms with E-state index in [1.807, 2.05) is 0 Å². The van der Waals surface area contributed by atoms with Crippen LogP contribution in [0.4, 0.5) is 5.69 Å². The summed E-state index contributed by atoms with van der Waals surface area (Å²) in [6.07, 6.45) is 1.91. The molecule has 0 atom stereocenters. The minimum atomic E-state index is -0.422. The van der Waals surface area contributed by atoms with Gasteiger partial charge in [0.15, 0.2) is 0 Å². The number of non-ortho nitro benzene ring substituents is 1. The number of nitrogens with zero attached hydrogens (tertiary/aromatic N) is 1. The fourth-order valence-corrected chi connectivity index (χ4v) is 1.63. The Morgan fingerprint density at radius 2 is 2.05 bits per heavy atom. The highest BCUT2D eigenvalue weighted by molar-refractivity contribution is 5.74. The molecule has 6 nitrogen and oxygen atoms in total. The molecule has 0 heterocycles. The van der Waals surface area contributed by atoms with E-state index in [0.717, 1.165) is 18.4 Å². The summed E-state index contributed by atoms with van der Waals surface area (Å²) in [6.45, 7) is 1.54. The first-order chi connectivity index (χ1) is 9.16. The van der Waals surface area contributed by atoms with Crippen molar-refractivity contribution in [1.82, 2.24) is 5.32 Å². The Morgan fingerprint density at radius 1 is 1.37 bits per heavy atom. The number of hydrogen-bond donors (Lipinski definition) is 1. The fraction of sp³-hybridized carbons (Fsp3) is 0.462. The summed E-state index contributed by atoms with van der Waals surface area (Å²) in [6, 6.07) is 6.37.